The third-order valence-corrected chi connectivity index (χ3v) is 5.08. The topological polar surface area (TPSA) is 76.3 Å². The van der Waals surface area contributed by atoms with E-state index >= 15 is 0 Å². The quantitative estimate of drug-likeness (QED) is 0.481. The average molecular weight is 407 g/mol. The zero-order valence-electron chi connectivity index (χ0n) is 17.2. The maximum atomic E-state index is 13.1. The summed E-state index contributed by atoms with van der Waals surface area (Å²) < 4.78 is 12.1. The van der Waals surface area contributed by atoms with Gasteiger partial charge in [-0.15, -0.1) is 0 Å². The number of ether oxygens (including phenoxy) is 2. The van der Waals surface area contributed by atoms with E-state index in [0.717, 1.165) is 18.5 Å². The van der Waals surface area contributed by atoms with Crippen LogP contribution in [0.4, 0.5) is 0 Å². The Morgan fingerprint density at radius 3 is 2.70 bits per heavy atom. The Kier molecular flexibility index (Phi) is 5.72. The van der Waals surface area contributed by atoms with Gasteiger partial charge in [-0.3, -0.25) is 14.4 Å². The molecule has 0 aliphatic carbocycles. The van der Waals surface area contributed by atoms with Gasteiger partial charge in [0.1, 0.15) is 0 Å². The summed E-state index contributed by atoms with van der Waals surface area (Å²) in [6.07, 6.45) is 2.59. The van der Waals surface area contributed by atoms with Crippen LogP contribution in [0.1, 0.15) is 17.5 Å². The molecular formula is C23H25N3O4. The van der Waals surface area contributed by atoms with E-state index in [1.807, 2.05) is 50.5 Å². The van der Waals surface area contributed by atoms with Crippen LogP contribution >= 0.6 is 0 Å². The second-order valence-corrected chi connectivity index (χ2v) is 7.55. The highest BCUT2D eigenvalue weighted by molar-refractivity contribution is 6.01. The van der Waals surface area contributed by atoms with Gasteiger partial charge in [0.05, 0.1) is 12.1 Å². The zero-order chi connectivity index (χ0) is 21.1. The molecule has 0 spiro atoms. The van der Waals surface area contributed by atoms with Crippen LogP contribution in [-0.2, 0) is 6.54 Å². The molecule has 1 N–H and O–H groups in total. The van der Waals surface area contributed by atoms with E-state index in [0.29, 0.717) is 34.4 Å². The molecule has 1 aliphatic heterocycles. The first-order valence-electron chi connectivity index (χ1n) is 9.92. The van der Waals surface area contributed by atoms with Crippen LogP contribution in [0.25, 0.3) is 10.8 Å². The molecule has 0 radical (unpaired) electrons. The molecule has 1 aromatic heterocycles. The molecule has 7 heteroatoms. The summed E-state index contributed by atoms with van der Waals surface area (Å²) in [5.74, 6) is 1.23. The predicted octanol–water partition coefficient (Wildman–Crippen LogP) is 2.85. The number of hydrogen-bond donors (Lipinski definition) is 1. The Labute approximate surface area is 174 Å². The molecule has 30 heavy (non-hydrogen) atoms. The van der Waals surface area contributed by atoms with Gasteiger partial charge in [-0.2, -0.15) is 0 Å². The molecule has 1 aliphatic rings. The van der Waals surface area contributed by atoms with Gasteiger partial charge in [0.15, 0.2) is 11.5 Å². The number of rotatable bonds is 7. The first-order valence-corrected chi connectivity index (χ1v) is 9.92. The normalized spacial score (nSPS) is 13.0. The third kappa shape index (κ3) is 4.02. The average Bonchev–Trinajstić information content (AvgIpc) is 3.21. The van der Waals surface area contributed by atoms with E-state index in [1.54, 1.807) is 12.3 Å². The Morgan fingerprint density at radius 2 is 1.90 bits per heavy atom. The molecule has 3 aromatic rings. The van der Waals surface area contributed by atoms with Crippen LogP contribution < -0.4 is 15.0 Å². The van der Waals surface area contributed by atoms with Crippen molar-refractivity contribution in [2.45, 2.75) is 13.0 Å². The van der Waals surface area contributed by atoms with Crippen LogP contribution in [-0.4, -0.2) is 54.8 Å². The van der Waals surface area contributed by atoms with E-state index in [1.165, 1.54) is 4.57 Å². The minimum absolute atomic E-state index is 0.0901. The highest BCUT2D eigenvalue weighted by atomic mass is 16.7. The molecule has 0 saturated carbocycles. The first kappa shape index (κ1) is 20.0. The minimum Gasteiger partial charge on any atom is -0.494 e. The fourth-order valence-electron chi connectivity index (χ4n) is 3.54. The number of hydrogen-bond acceptors (Lipinski definition) is 6. The minimum atomic E-state index is -0.245. The number of pyridine rings is 1. The summed E-state index contributed by atoms with van der Waals surface area (Å²) in [6.45, 7) is 1.99. The predicted molar refractivity (Wildman–Crippen MR) is 117 cm³/mol. The van der Waals surface area contributed by atoms with Crippen LogP contribution in [0.15, 0.2) is 52.3 Å². The van der Waals surface area contributed by atoms with Gasteiger partial charge >= 0.3 is 0 Å². The van der Waals surface area contributed by atoms with Crippen LogP contribution in [0.5, 0.6) is 17.4 Å². The Balaban J connectivity index is 1.71. The van der Waals surface area contributed by atoms with E-state index in [-0.39, 0.29) is 24.8 Å². The molecule has 156 valence electrons. The molecule has 2 aromatic carbocycles. The van der Waals surface area contributed by atoms with Crippen LogP contribution in [0.3, 0.4) is 0 Å². The Hall–Kier alpha value is -3.32. The summed E-state index contributed by atoms with van der Waals surface area (Å²) in [4.78, 5) is 19.7. The Bertz CT molecular complexity index is 1150. The number of nitrogens with zero attached hydrogens (tertiary/aromatic N) is 3. The lowest BCUT2D eigenvalue weighted by Crippen LogP contribution is -2.22. The van der Waals surface area contributed by atoms with Gasteiger partial charge in [0, 0.05) is 23.5 Å². The van der Waals surface area contributed by atoms with Gasteiger partial charge in [0.2, 0.25) is 12.7 Å². The molecule has 0 unspecified atom stereocenters. The summed E-state index contributed by atoms with van der Waals surface area (Å²) in [6, 6.07) is 12.8. The standard InChI is InChI=1S/C23H25N3O4/c1-25(2)11-5-10-24-13-19-17-6-3-4-7-18(17)22(27)26(23(19)28)14-16-8-9-20-21(12-16)30-15-29-20/h3-4,6-9,12-13,28H,5,10-11,14-15H2,1-2H3. The van der Waals surface area contributed by atoms with Gasteiger partial charge in [-0.05, 0) is 50.8 Å². The maximum absolute atomic E-state index is 13.1. The van der Waals surface area contributed by atoms with Crippen molar-refractivity contribution in [3.05, 3.63) is 63.9 Å². The number of benzene rings is 2. The maximum Gasteiger partial charge on any atom is 0.261 e. The van der Waals surface area contributed by atoms with Crippen molar-refractivity contribution in [3.63, 3.8) is 0 Å². The molecule has 4 rings (SSSR count). The molecule has 0 atom stereocenters. The summed E-state index contributed by atoms with van der Waals surface area (Å²) in [5, 5.41) is 12.2. The molecule has 0 saturated heterocycles. The molecule has 7 nitrogen and oxygen atoms in total. The van der Waals surface area contributed by atoms with E-state index < -0.39 is 0 Å². The SMILES string of the molecule is CN(C)CCCN=Cc1c(O)n(Cc2ccc3c(c2)OCO3)c(=O)c2ccccc12. The van der Waals surface area contributed by atoms with E-state index in [4.69, 9.17) is 9.47 Å². The zero-order valence-corrected chi connectivity index (χ0v) is 17.2. The third-order valence-electron chi connectivity index (χ3n) is 5.08. The fourth-order valence-corrected chi connectivity index (χ4v) is 3.54. The largest absolute Gasteiger partial charge is 0.494 e. The van der Waals surface area contributed by atoms with Gasteiger partial charge in [-0.1, -0.05) is 24.3 Å². The van der Waals surface area contributed by atoms with Crippen molar-refractivity contribution in [1.29, 1.82) is 0 Å². The molecule has 0 fully saturated rings. The highest BCUT2D eigenvalue weighted by Crippen LogP contribution is 2.33. The van der Waals surface area contributed by atoms with Crippen LogP contribution in [0, 0.1) is 0 Å². The van der Waals surface area contributed by atoms with Crippen molar-refractivity contribution in [2.24, 2.45) is 4.99 Å². The molecule has 0 bridgehead atoms. The van der Waals surface area contributed by atoms with Crippen molar-refractivity contribution in [3.8, 4) is 17.4 Å². The van der Waals surface area contributed by atoms with Crippen molar-refractivity contribution >= 4 is 17.0 Å². The number of aromatic hydroxyl groups is 1. The van der Waals surface area contributed by atoms with Gasteiger partial charge in [-0.25, -0.2) is 0 Å². The molecular weight excluding hydrogens is 382 g/mol. The highest BCUT2D eigenvalue weighted by Gasteiger charge is 2.17. The van der Waals surface area contributed by atoms with E-state index in [9.17, 15) is 9.90 Å². The Morgan fingerprint density at radius 1 is 1.13 bits per heavy atom. The number of aromatic nitrogens is 1. The van der Waals surface area contributed by atoms with Crippen molar-refractivity contribution in [1.82, 2.24) is 9.47 Å². The lowest BCUT2D eigenvalue weighted by molar-refractivity contribution is 0.174. The van der Waals surface area contributed by atoms with Gasteiger partial charge < -0.3 is 19.5 Å². The summed E-state index contributed by atoms with van der Waals surface area (Å²) >= 11 is 0. The lowest BCUT2D eigenvalue weighted by Gasteiger charge is -2.14. The molecule has 0 amide bonds. The van der Waals surface area contributed by atoms with Crippen molar-refractivity contribution < 1.29 is 14.6 Å². The smallest absolute Gasteiger partial charge is 0.261 e. The van der Waals surface area contributed by atoms with Crippen molar-refractivity contribution in [2.75, 3.05) is 34.0 Å². The summed E-state index contributed by atoms with van der Waals surface area (Å²) in [5.41, 5.74) is 1.14. The summed E-state index contributed by atoms with van der Waals surface area (Å²) in [7, 11) is 4.05. The fraction of sp³-hybridized carbons (Fsp3) is 0.304. The second kappa shape index (κ2) is 8.59. The van der Waals surface area contributed by atoms with E-state index in [2.05, 4.69) is 9.89 Å². The lowest BCUT2D eigenvalue weighted by atomic mass is 10.1. The monoisotopic (exact) mass is 407 g/mol. The first-order chi connectivity index (χ1) is 14.5. The second-order valence-electron chi connectivity index (χ2n) is 7.55. The number of aliphatic imine (C=N–C) groups is 1. The van der Waals surface area contributed by atoms with Gasteiger partial charge in [0.25, 0.3) is 5.56 Å². The molecule has 2 heterocycles. The van der Waals surface area contributed by atoms with Crippen LogP contribution in [0.2, 0.25) is 0 Å². The number of fused-ring (bicyclic) bond motifs is 2.